The maximum atomic E-state index is 13.4. The van der Waals surface area contributed by atoms with Crippen LogP contribution in [0.4, 0.5) is 0 Å². The summed E-state index contributed by atoms with van der Waals surface area (Å²) in [6, 6.07) is 20.0. The van der Waals surface area contributed by atoms with Crippen LogP contribution in [-0.2, 0) is 24.1 Å². The third-order valence-electron chi connectivity index (χ3n) is 6.77. The number of likely N-dealkylation sites (tertiary alicyclic amines) is 1. The lowest BCUT2D eigenvalue weighted by Crippen LogP contribution is -2.56. The quantitative estimate of drug-likeness (QED) is 0.324. The van der Waals surface area contributed by atoms with Gasteiger partial charge in [-0.25, -0.2) is 0 Å². The number of hydrogen-bond acceptors (Lipinski definition) is 3. The van der Waals surface area contributed by atoms with E-state index in [1.807, 2.05) is 54.6 Å². The molecular weight excluding hydrogens is 574 g/mol. The van der Waals surface area contributed by atoms with Crippen molar-refractivity contribution in [3.05, 3.63) is 104 Å². The molecule has 1 aliphatic rings. The van der Waals surface area contributed by atoms with Crippen LogP contribution in [0.2, 0.25) is 20.1 Å². The summed E-state index contributed by atoms with van der Waals surface area (Å²) < 4.78 is 0. The van der Waals surface area contributed by atoms with Crippen LogP contribution in [0.5, 0.6) is 0 Å². The van der Waals surface area contributed by atoms with Crippen LogP contribution in [0.3, 0.4) is 0 Å². The molecule has 198 valence electrons. The highest BCUT2D eigenvalue weighted by molar-refractivity contribution is 6.42. The number of aliphatic hydroxyl groups is 1. The van der Waals surface area contributed by atoms with Crippen LogP contribution in [0.15, 0.2) is 66.7 Å². The first-order valence-electron chi connectivity index (χ1n) is 11.9. The van der Waals surface area contributed by atoms with Crippen LogP contribution < -0.4 is 5.73 Å². The topological polar surface area (TPSA) is 66.6 Å². The zero-order chi connectivity index (χ0) is 25.8. The molecular formula is C28H29Cl5N2O2. The monoisotopic (exact) mass is 600 g/mol. The van der Waals surface area contributed by atoms with E-state index >= 15 is 0 Å². The number of benzene rings is 3. The molecule has 0 aromatic heterocycles. The summed E-state index contributed by atoms with van der Waals surface area (Å²) in [5, 5.41) is 13.3. The van der Waals surface area contributed by atoms with E-state index in [9.17, 15) is 9.90 Å². The van der Waals surface area contributed by atoms with Crippen LogP contribution in [0, 0.1) is 11.8 Å². The predicted molar refractivity (Wildman–Crippen MR) is 155 cm³/mol. The number of rotatable bonds is 7. The van der Waals surface area contributed by atoms with Crippen molar-refractivity contribution in [2.45, 2.75) is 31.4 Å². The van der Waals surface area contributed by atoms with Gasteiger partial charge in [-0.15, -0.1) is 12.4 Å². The molecule has 1 fully saturated rings. The first-order valence-corrected chi connectivity index (χ1v) is 13.4. The van der Waals surface area contributed by atoms with E-state index in [1.165, 1.54) is 0 Å². The highest BCUT2D eigenvalue weighted by atomic mass is 35.5. The molecule has 3 aromatic rings. The zero-order valence-corrected chi connectivity index (χ0v) is 23.8. The van der Waals surface area contributed by atoms with Gasteiger partial charge in [0.05, 0.1) is 32.2 Å². The second-order valence-electron chi connectivity index (χ2n) is 9.46. The van der Waals surface area contributed by atoms with Crippen molar-refractivity contribution in [2.24, 2.45) is 17.6 Å². The smallest absolute Gasteiger partial charge is 0.239 e. The molecule has 0 spiro atoms. The Bertz CT molecular complexity index is 1150. The number of carbonyl (C=O) groups is 1. The minimum Gasteiger partial charge on any atom is -0.392 e. The summed E-state index contributed by atoms with van der Waals surface area (Å²) >= 11 is 24.6. The zero-order valence-electron chi connectivity index (χ0n) is 20.0. The molecule has 0 aliphatic carbocycles. The first-order chi connectivity index (χ1) is 17.2. The summed E-state index contributed by atoms with van der Waals surface area (Å²) in [4.78, 5) is 15.2. The van der Waals surface area contributed by atoms with Crippen LogP contribution in [0.25, 0.3) is 0 Å². The molecule has 3 N–H and O–H groups in total. The van der Waals surface area contributed by atoms with Crippen LogP contribution in [-0.4, -0.2) is 41.1 Å². The molecule has 3 aromatic carbocycles. The maximum absolute atomic E-state index is 13.4. The lowest BCUT2D eigenvalue weighted by Gasteiger charge is -2.42. The van der Waals surface area contributed by atoms with Crippen LogP contribution in [0.1, 0.15) is 16.7 Å². The van der Waals surface area contributed by atoms with E-state index < -0.39 is 12.1 Å². The summed E-state index contributed by atoms with van der Waals surface area (Å²) in [6.45, 7) is 0.807. The number of piperidine rings is 1. The Kier molecular flexibility index (Phi) is 11.0. The van der Waals surface area contributed by atoms with E-state index in [4.69, 9.17) is 52.1 Å². The Balaban J connectivity index is 0.00000380. The molecule has 4 rings (SSSR count). The minimum absolute atomic E-state index is 0. The van der Waals surface area contributed by atoms with Crippen molar-refractivity contribution in [1.29, 1.82) is 0 Å². The van der Waals surface area contributed by atoms with E-state index in [1.54, 1.807) is 17.0 Å². The SMILES string of the molecule is Cl.N[C@H](Cc1ccccc1)C(=O)N1CC(Cc2ccc(Cl)c(Cl)c2)C(O)C(Cc2ccc(Cl)c(Cl)c2)C1. The van der Waals surface area contributed by atoms with Crippen molar-refractivity contribution in [3.63, 3.8) is 0 Å². The summed E-state index contributed by atoms with van der Waals surface area (Å²) in [7, 11) is 0. The number of halogens is 5. The van der Waals surface area contributed by atoms with Crippen LogP contribution >= 0.6 is 58.8 Å². The van der Waals surface area contributed by atoms with Gasteiger partial charge in [0.25, 0.3) is 0 Å². The van der Waals surface area contributed by atoms with Crippen molar-refractivity contribution in [2.75, 3.05) is 13.1 Å². The highest BCUT2D eigenvalue weighted by Gasteiger charge is 2.38. The molecule has 9 heteroatoms. The molecule has 4 nitrogen and oxygen atoms in total. The molecule has 0 bridgehead atoms. The molecule has 1 saturated heterocycles. The van der Waals surface area contributed by atoms with E-state index in [0.717, 1.165) is 16.7 Å². The summed E-state index contributed by atoms with van der Waals surface area (Å²) in [5.41, 5.74) is 9.27. The Morgan fingerprint density at radius 1 is 0.811 bits per heavy atom. The molecule has 0 radical (unpaired) electrons. The van der Waals surface area contributed by atoms with Crippen molar-refractivity contribution >= 4 is 64.7 Å². The highest BCUT2D eigenvalue weighted by Crippen LogP contribution is 2.32. The van der Waals surface area contributed by atoms with Gasteiger partial charge in [-0.2, -0.15) is 0 Å². The third kappa shape index (κ3) is 7.77. The van der Waals surface area contributed by atoms with Gasteiger partial charge in [0, 0.05) is 24.9 Å². The number of hydrogen-bond donors (Lipinski definition) is 2. The fraction of sp³-hybridized carbons (Fsp3) is 0.321. The maximum Gasteiger partial charge on any atom is 0.239 e. The Morgan fingerprint density at radius 3 is 1.76 bits per heavy atom. The fourth-order valence-electron chi connectivity index (χ4n) is 4.92. The van der Waals surface area contributed by atoms with Gasteiger partial charge in [0.1, 0.15) is 0 Å². The Labute approximate surface area is 244 Å². The van der Waals surface area contributed by atoms with Crippen molar-refractivity contribution in [3.8, 4) is 0 Å². The largest absolute Gasteiger partial charge is 0.392 e. The summed E-state index contributed by atoms with van der Waals surface area (Å²) in [5.74, 6) is -0.516. The van der Waals surface area contributed by atoms with Crippen molar-refractivity contribution < 1.29 is 9.90 Å². The third-order valence-corrected chi connectivity index (χ3v) is 8.24. The van der Waals surface area contributed by atoms with Gasteiger partial charge in [0.15, 0.2) is 0 Å². The van der Waals surface area contributed by atoms with E-state index in [-0.39, 0.29) is 30.2 Å². The lowest BCUT2D eigenvalue weighted by atomic mass is 9.79. The lowest BCUT2D eigenvalue weighted by molar-refractivity contribution is -0.139. The molecule has 0 saturated carbocycles. The van der Waals surface area contributed by atoms with E-state index in [2.05, 4.69) is 0 Å². The standard InChI is InChI=1S/C28H28Cl4N2O2.ClH/c29-22-8-6-18(12-24(22)31)10-20-15-34(28(36)26(33)14-17-4-2-1-3-5-17)16-21(27(20)35)11-19-7-9-23(30)25(32)13-19;/h1-9,12-13,20-21,26-27,35H,10-11,14-16,33H2;1H/t20?,21?,26-,27?;/m1./s1. The first kappa shape index (κ1) is 30.0. The van der Waals surface area contributed by atoms with Gasteiger partial charge in [-0.1, -0.05) is 88.9 Å². The average Bonchev–Trinajstić information content (AvgIpc) is 2.86. The van der Waals surface area contributed by atoms with Gasteiger partial charge < -0.3 is 15.7 Å². The second kappa shape index (κ2) is 13.5. The molecule has 2 unspecified atom stereocenters. The number of nitrogens with two attached hydrogens (primary N) is 1. The van der Waals surface area contributed by atoms with Gasteiger partial charge in [-0.3, -0.25) is 4.79 Å². The number of aliphatic hydroxyl groups excluding tert-OH is 1. The van der Waals surface area contributed by atoms with E-state index in [0.29, 0.717) is 52.4 Å². The molecule has 3 atom stereocenters. The molecule has 1 aliphatic heterocycles. The molecule has 1 amide bonds. The van der Waals surface area contributed by atoms with Crippen molar-refractivity contribution in [1.82, 2.24) is 4.90 Å². The minimum atomic E-state index is -0.668. The normalized spacial score (nSPS) is 20.3. The average molecular weight is 603 g/mol. The molecule has 37 heavy (non-hydrogen) atoms. The van der Waals surface area contributed by atoms with Gasteiger partial charge in [0.2, 0.25) is 5.91 Å². The molecule has 1 heterocycles. The second-order valence-corrected chi connectivity index (χ2v) is 11.1. The Hall–Kier alpha value is -1.50. The Morgan fingerprint density at radius 2 is 1.30 bits per heavy atom. The number of nitrogens with zero attached hydrogens (tertiary/aromatic N) is 1. The number of amides is 1. The van der Waals surface area contributed by atoms with Gasteiger partial charge in [-0.05, 0) is 60.2 Å². The predicted octanol–water partition coefficient (Wildman–Crippen LogP) is 6.51. The van der Waals surface area contributed by atoms with Gasteiger partial charge >= 0.3 is 0 Å². The number of carbonyl (C=O) groups excluding carboxylic acids is 1. The fourth-order valence-corrected chi connectivity index (χ4v) is 5.56. The summed E-state index contributed by atoms with van der Waals surface area (Å²) in [6.07, 6.45) is 0.915.